The molecule has 8 rings (SSSR count). The Kier molecular flexibility index (Phi) is 12.8. The Labute approximate surface area is 372 Å². The van der Waals surface area contributed by atoms with E-state index in [0.717, 1.165) is 0 Å². The van der Waals surface area contributed by atoms with E-state index in [2.05, 4.69) is 31.5 Å². The third kappa shape index (κ3) is 9.20. The fourth-order valence-electron chi connectivity index (χ4n) is 8.21. The molecule has 8 N–H and O–H groups in total. The summed E-state index contributed by atoms with van der Waals surface area (Å²) in [5.74, 6) is -1.27. The molecule has 22 heteroatoms. The molecule has 2 atom stereocenters. The largest absolute Gasteiger partial charge is 0.491 e. The zero-order valence-corrected chi connectivity index (χ0v) is 36.6. The zero-order chi connectivity index (χ0) is 45.9. The van der Waals surface area contributed by atoms with Crippen molar-refractivity contribution in [1.29, 1.82) is 0 Å². The van der Waals surface area contributed by atoms with Gasteiger partial charge in [-0.3, -0.25) is 44.0 Å². The molecule has 4 aromatic heterocycles. The fourth-order valence-corrected chi connectivity index (χ4v) is 8.21. The number of nitrogens with one attached hydrogen (secondary N) is 4. The van der Waals surface area contributed by atoms with Crippen LogP contribution in [0.25, 0.3) is 22.1 Å². The molecular weight excluding hydrogens is 841 g/mol. The van der Waals surface area contributed by atoms with Gasteiger partial charge in [0.25, 0.3) is 11.8 Å². The third-order valence-corrected chi connectivity index (χ3v) is 11.3. The van der Waals surface area contributed by atoms with Gasteiger partial charge in [0, 0.05) is 43.9 Å². The molecule has 6 heterocycles. The Hall–Kier alpha value is -7.33. The van der Waals surface area contributed by atoms with Crippen molar-refractivity contribution in [2.45, 2.75) is 78.7 Å². The van der Waals surface area contributed by atoms with Crippen LogP contribution in [0.2, 0.25) is 0 Å². The number of aryl methyl sites for hydroxylation is 5. The molecule has 5 amide bonds. The number of fused-ring (bicyclic) bond motifs is 1. The van der Waals surface area contributed by atoms with Crippen molar-refractivity contribution in [3.05, 3.63) is 70.3 Å². The molecule has 0 bridgehead atoms. The molecule has 0 unspecified atom stereocenters. The van der Waals surface area contributed by atoms with Gasteiger partial charge in [0.15, 0.2) is 0 Å². The van der Waals surface area contributed by atoms with Crippen LogP contribution in [0, 0.1) is 13.8 Å². The number of imidazole rings is 2. The zero-order valence-electron chi connectivity index (χ0n) is 36.6. The number of morpholine rings is 1. The molecule has 22 nitrogen and oxygen atoms in total. The molecule has 6 aromatic rings. The minimum absolute atomic E-state index is 0.163. The third-order valence-electron chi connectivity index (χ3n) is 11.3. The number of rotatable bonds is 18. The van der Waals surface area contributed by atoms with Gasteiger partial charge in [-0.05, 0) is 83.4 Å². The van der Waals surface area contributed by atoms with Crippen LogP contribution in [-0.4, -0.2) is 114 Å². The van der Waals surface area contributed by atoms with Crippen molar-refractivity contribution < 1.29 is 38.2 Å². The van der Waals surface area contributed by atoms with Gasteiger partial charge >= 0.3 is 0 Å². The number of nitrogens with zero attached hydrogens (tertiary/aromatic N) is 8. The number of ether oxygens (including phenoxy) is 3. The summed E-state index contributed by atoms with van der Waals surface area (Å²) in [7, 11) is 0. The minimum atomic E-state index is -0.694. The van der Waals surface area contributed by atoms with Crippen LogP contribution in [0.15, 0.2) is 36.4 Å². The molecule has 0 radical (unpaired) electrons. The highest BCUT2D eigenvalue weighted by atomic mass is 16.5. The van der Waals surface area contributed by atoms with E-state index < -0.39 is 29.7 Å². The van der Waals surface area contributed by atoms with E-state index in [1.807, 2.05) is 25.3 Å². The quantitative estimate of drug-likeness (QED) is 0.0677. The normalized spacial score (nSPS) is 15.8. The van der Waals surface area contributed by atoms with E-state index >= 15 is 0 Å². The average Bonchev–Trinajstić information content (AvgIpc) is 4.07. The Morgan fingerprint density at radius 2 is 1.52 bits per heavy atom. The Morgan fingerprint density at radius 3 is 2.17 bits per heavy atom. The highest BCUT2D eigenvalue weighted by Crippen LogP contribution is 2.39. The Morgan fingerprint density at radius 1 is 0.846 bits per heavy atom. The summed E-state index contributed by atoms with van der Waals surface area (Å²) >= 11 is 0. The van der Waals surface area contributed by atoms with Crippen molar-refractivity contribution in [2.75, 3.05) is 50.2 Å². The maximum atomic E-state index is 13.9. The number of anilines is 2. The predicted octanol–water partition coefficient (Wildman–Crippen LogP) is 2.43. The lowest BCUT2D eigenvalue weighted by Gasteiger charge is -2.27. The molecule has 0 spiro atoms. The molecule has 1 fully saturated rings. The number of benzene rings is 2. The predicted molar refractivity (Wildman–Crippen MR) is 237 cm³/mol. The van der Waals surface area contributed by atoms with E-state index in [1.165, 1.54) is 6.07 Å². The van der Waals surface area contributed by atoms with E-state index in [0.29, 0.717) is 109 Å². The molecule has 65 heavy (non-hydrogen) atoms. The number of nitrogens with two attached hydrogens (primary N) is 2. The Bertz CT molecular complexity index is 2810. The van der Waals surface area contributed by atoms with Crippen LogP contribution in [-0.2, 0) is 29.2 Å². The summed E-state index contributed by atoms with van der Waals surface area (Å²) in [6.45, 7) is 10.7. The summed E-state index contributed by atoms with van der Waals surface area (Å²) in [4.78, 5) is 74.9. The van der Waals surface area contributed by atoms with Gasteiger partial charge in [-0.15, -0.1) is 0 Å². The number of primary amides is 2. The lowest BCUT2D eigenvalue weighted by Crippen LogP contribution is -2.51. The van der Waals surface area contributed by atoms with Gasteiger partial charge in [0.2, 0.25) is 29.6 Å². The van der Waals surface area contributed by atoms with Crippen molar-refractivity contribution in [2.24, 2.45) is 11.5 Å². The first-order valence-corrected chi connectivity index (χ1v) is 21.6. The van der Waals surface area contributed by atoms with Crippen molar-refractivity contribution >= 4 is 63.5 Å². The smallest absolute Gasteiger partial charge is 0.276 e. The number of carbonyl (C=O) groups is 5. The maximum absolute atomic E-state index is 13.9. The second-order valence-electron chi connectivity index (χ2n) is 15.9. The van der Waals surface area contributed by atoms with Crippen molar-refractivity contribution in [3.63, 3.8) is 0 Å². The number of aromatic nitrogens is 8. The highest BCUT2D eigenvalue weighted by Gasteiger charge is 2.30. The maximum Gasteiger partial charge on any atom is 0.276 e. The summed E-state index contributed by atoms with van der Waals surface area (Å²) < 4.78 is 24.7. The van der Waals surface area contributed by atoms with E-state index in [9.17, 15) is 24.0 Å². The second-order valence-corrected chi connectivity index (χ2v) is 15.9. The van der Waals surface area contributed by atoms with Gasteiger partial charge in [-0.25, -0.2) is 9.97 Å². The molecule has 0 saturated carbocycles. The first-order valence-electron chi connectivity index (χ1n) is 21.6. The minimum Gasteiger partial charge on any atom is -0.491 e. The molecule has 2 aliphatic rings. The average molecular weight is 893 g/mol. The lowest BCUT2D eigenvalue weighted by atomic mass is 10.1. The van der Waals surface area contributed by atoms with E-state index in [4.69, 9.17) is 35.6 Å². The summed E-state index contributed by atoms with van der Waals surface area (Å²) in [5.41, 5.74) is 15.8. The first kappa shape index (κ1) is 44.3. The van der Waals surface area contributed by atoms with Crippen LogP contribution in [0.3, 0.4) is 0 Å². The SMILES string of the molecule is CCn1nc(C)cc1C(=O)Nc1nc2c(OCCCNC(=O)[C@H]3COCCN3)cc(C(N)=O)cc2n1CCC[C@H]1COc2cc(C(N)=O)cc3nc(NC(=O)c4cc(C)nn4CC)n1c23. The number of hydrogen-bond donors (Lipinski definition) is 6. The summed E-state index contributed by atoms with van der Waals surface area (Å²) in [5, 5.41) is 20.8. The van der Waals surface area contributed by atoms with Gasteiger partial charge in [0.05, 0.1) is 48.3 Å². The van der Waals surface area contributed by atoms with Crippen molar-refractivity contribution in [3.8, 4) is 11.5 Å². The molecular formula is C43H52N14O8. The number of carbonyl (C=O) groups excluding carboxylic acids is 5. The van der Waals surface area contributed by atoms with Crippen LogP contribution in [0.5, 0.6) is 11.5 Å². The Balaban J connectivity index is 1.09. The molecule has 2 aliphatic heterocycles. The van der Waals surface area contributed by atoms with Crippen molar-refractivity contribution in [1.82, 2.24) is 49.3 Å². The summed E-state index contributed by atoms with van der Waals surface area (Å²) in [6, 6.07) is 8.85. The standard InChI is InChI=1S/C43H52N14O8/c1-5-55-31(15-23(3)52-55)40(61)50-42-49-35-30(18-26(38(45)59)19-33(35)64-13-8-10-47-39(60)29-22-63-14-11-46-29)54(42)12-7-9-27-21-65-34-20-25(37(44)58)17-28-36(34)57(27)43(48-28)51-41(62)32-16-24(4)53-56(32)6-2/h15-20,27,29,46H,5-14,21-22H2,1-4H3,(H2,44,58)(H2,45,59)(H,47,60)(H,48,51,62)(H,49,50,61)/t27-,29+/m0/s1. The first-order chi connectivity index (χ1) is 31.3. The lowest BCUT2D eigenvalue weighted by molar-refractivity contribution is -0.125. The van der Waals surface area contributed by atoms with Gasteiger partial charge < -0.3 is 45.4 Å². The van der Waals surface area contributed by atoms with E-state index in [1.54, 1.807) is 51.2 Å². The van der Waals surface area contributed by atoms with Crippen LogP contribution in [0.4, 0.5) is 11.9 Å². The van der Waals surface area contributed by atoms with Crippen LogP contribution >= 0.6 is 0 Å². The molecule has 0 aliphatic carbocycles. The number of amides is 5. The highest BCUT2D eigenvalue weighted by molar-refractivity contribution is 6.05. The fraction of sp³-hybridized carbons (Fsp3) is 0.419. The second kappa shape index (κ2) is 18.8. The number of hydrogen-bond acceptors (Lipinski definition) is 13. The molecule has 1 saturated heterocycles. The monoisotopic (exact) mass is 892 g/mol. The van der Waals surface area contributed by atoms with E-state index in [-0.39, 0.29) is 60.5 Å². The van der Waals surface area contributed by atoms with Gasteiger partial charge in [0.1, 0.15) is 46.6 Å². The summed E-state index contributed by atoms with van der Waals surface area (Å²) in [6.07, 6.45) is 1.38. The van der Waals surface area contributed by atoms with Gasteiger partial charge in [-0.1, -0.05) is 0 Å². The molecule has 342 valence electrons. The van der Waals surface area contributed by atoms with Crippen LogP contribution < -0.4 is 42.2 Å². The van der Waals surface area contributed by atoms with Gasteiger partial charge in [-0.2, -0.15) is 10.2 Å². The molecule has 2 aromatic carbocycles. The topological polar surface area (TPSA) is 284 Å². The van der Waals surface area contributed by atoms with Crippen LogP contribution in [0.1, 0.15) is 92.2 Å².